The molecule has 0 aliphatic heterocycles. The Morgan fingerprint density at radius 2 is 1.75 bits per heavy atom. The van der Waals surface area contributed by atoms with Crippen molar-refractivity contribution in [2.24, 2.45) is 7.05 Å². The molecule has 2 aromatic carbocycles. The van der Waals surface area contributed by atoms with Crippen LogP contribution < -0.4 is 0 Å². The first-order valence-corrected chi connectivity index (χ1v) is 5.63. The Labute approximate surface area is 95.3 Å². The highest BCUT2D eigenvalue weighted by molar-refractivity contribution is 6.09. The summed E-state index contributed by atoms with van der Waals surface area (Å²) in [5.74, 6) is 0. The van der Waals surface area contributed by atoms with Gasteiger partial charge in [0.25, 0.3) is 0 Å². The molecule has 0 amide bonds. The topological polar surface area (TPSA) is 4.93 Å². The Hall–Kier alpha value is -1.76. The highest BCUT2D eigenvalue weighted by Gasteiger charge is 2.08. The monoisotopic (exact) mass is 209 g/mol. The van der Waals surface area contributed by atoms with E-state index in [1.165, 1.54) is 32.9 Å². The molecule has 0 N–H and O–H groups in total. The van der Waals surface area contributed by atoms with E-state index < -0.39 is 0 Å². The van der Waals surface area contributed by atoms with E-state index in [-0.39, 0.29) is 0 Å². The van der Waals surface area contributed by atoms with Crippen LogP contribution in [0.1, 0.15) is 11.1 Å². The van der Waals surface area contributed by atoms with Gasteiger partial charge in [0, 0.05) is 23.3 Å². The van der Waals surface area contributed by atoms with E-state index in [1.807, 2.05) is 0 Å². The summed E-state index contributed by atoms with van der Waals surface area (Å²) in [6.07, 6.45) is 0. The van der Waals surface area contributed by atoms with Crippen LogP contribution in [0.25, 0.3) is 21.8 Å². The summed E-state index contributed by atoms with van der Waals surface area (Å²) in [6.45, 7) is 4.32. The molecule has 1 heteroatoms. The van der Waals surface area contributed by atoms with Gasteiger partial charge in [-0.05, 0) is 31.0 Å². The van der Waals surface area contributed by atoms with E-state index in [1.54, 1.807) is 0 Å². The number of hydrogen-bond donors (Lipinski definition) is 0. The molecule has 3 rings (SSSR count). The van der Waals surface area contributed by atoms with Crippen LogP contribution in [-0.4, -0.2) is 4.57 Å². The molecule has 0 spiro atoms. The van der Waals surface area contributed by atoms with Crippen LogP contribution in [0, 0.1) is 13.8 Å². The molecule has 1 aromatic heterocycles. The molecule has 80 valence electrons. The predicted octanol–water partition coefficient (Wildman–Crippen LogP) is 3.95. The zero-order valence-electron chi connectivity index (χ0n) is 9.91. The quantitative estimate of drug-likeness (QED) is 0.528. The number of para-hydroxylation sites is 1. The largest absolute Gasteiger partial charge is 0.343 e. The van der Waals surface area contributed by atoms with Crippen LogP contribution >= 0.6 is 0 Å². The Kier molecular flexibility index (Phi) is 1.84. The van der Waals surface area contributed by atoms with Gasteiger partial charge in [-0.1, -0.05) is 30.3 Å². The highest BCUT2D eigenvalue weighted by Crippen LogP contribution is 2.30. The molecular weight excluding hydrogens is 194 g/mol. The Bertz CT molecular complexity index is 689. The first kappa shape index (κ1) is 9.46. The smallest absolute Gasteiger partial charge is 0.0518 e. The maximum Gasteiger partial charge on any atom is 0.0518 e. The molecule has 0 radical (unpaired) electrons. The third-order valence-corrected chi connectivity index (χ3v) is 3.38. The van der Waals surface area contributed by atoms with E-state index in [0.29, 0.717) is 0 Å². The van der Waals surface area contributed by atoms with Crippen LogP contribution in [0.5, 0.6) is 0 Å². The molecule has 0 unspecified atom stereocenters. The van der Waals surface area contributed by atoms with Gasteiger partial charge in [-0.2, -0.15) is 0 Å². The lowest BCUT2D eigenvalue weighted by Gasteiger charge is -2.01. The lowest BCUT2D eigenvalue weighted by atomic mass is 10.1. The Morgan fingerprint density at radius 1 is 0.938 bits per heavy atom. The zero-order chi connectivity index (χ0) is 11.3. The van der Waals surface area contributed by atoms with Crippen molar-refractivity contribution in [2.45, 2.75) is 13.8 Å². The average molecular weight is 209 g/mol. The van der Waals surface area contributed by atoms with Crippen LogP contribution in [0.2, 0.25) is 0 Å². The highest BCUT2D eigenvalue weighted by atomic mass is 14.9. The minimum Gasteiger partial charge on any atom is -0.343 e. The molecular formula is C15H15N. The molecule has 1 heterocycles. The van der Waals surface area contributed by atoms with Crippen molar-refractivity contribution in [1.82, 2.24) is 4.57 Å². The lowest BCUT2D eigenvalue weighted by molar-refractivity contribution is 1.01. The van der Waals surface area contributed by atoms with Crippen LogP contribution in [0.3, 0.4) is 0 Å². The number of fused-ring (bicyclic) bond motifs is 3. The van der Waals surface area contributed by atoms with Gasteiger partial charge in [0.15, 0.2) is 0 Å². The molecule has 0 aliphatic carbocycles. The summed E-state index contributed by atoms with van der Waals surface area (Å²) in [7, 11) is 2.15. The number of aryl methyl sites for hydroxylation is 3. The summed E-state index contributed by atoms with van der Waals surface area (Å²) >= 11 is 0. The van der Waals surface area contributed by atoms with Crippen molar-refractivity contribution in [2.75, 3.05) is 0 Å². The second-order valence-corrected chi connectivity index (χ2v) is 4.55. The molecule has 0 saturated carbocycles. The van der Waals surface area contributed by atoms with Crippen LogP contribution in [0.4, 0.5) is 0 Å². The van der Waals surface area contributed by atoms with Gasteiger partial charge in [0.2, 0.25) is 0 Å². The van der Waals surface area contributed by atoms with E-state index >= 15 is 0 Å². The Morgan fingerprint density at radius 3 is 2.56 bits per heavy atom. The van der Waals surface area contributed by atoms with Crippen LogP contribution in [-0.2, 0) is 7.05 Å². The summed E-state index contributed by atoms with van der Waals surface area (Å²) in [5.41, 5.74) is 5.33. The minimum atomic E-state index is 1.32. The second kappa shape index (κ2) is 3.11. The fourth-order valence-electron chi connectivity index (χ4n) is 2.59. The molecule has 16 heavy (non-hydrogen) atoms. The molecule has 0 fully saturated rings. The van der Waals surface area contributed by atoms with Crippen molar-refractivity contribution in [3.8, 4) is 0 Å². The molecule has 3 aromatic rings. The van der Waals surface area contributed by atoms with E-state index in [0.717, 1.165) is 0 Å². The van der Waals surface area contributed by atoms with E-state index in [9.17, 15) is 0 Å². The average Bonchev–Trinajstić information content (AvgIpc) is 2.54. The fourth-order valence-corrected chi connectivity index (χ4v) is 2.59. The van der Waals surface area contributed by atoms with Gasteiger partial charge < -0.3 is 4.57 Å². The van der Waals surface area contributed by atoms with E-state index in [4.69, 9.17) is 0 Å². The number of hydrogen-bond acceptors (Lipinski definition) is 0. The van der Waals surface area contributed by atoms with Crippen molar-refractivity contribution in [3.05, 3.63) is 47.5 Å². The Balaban J connectivity index is 2.64. The van der Waals surface area contributed by atoms with Crippen molar-refractivity contribution >= 4 is 21.8 Å². The first-order chi connectivity index (χ1) is 7.68. The maximum atomic E-state index is 2.30. The fraction of sp³-hybridized carbons (Fsp3) is 0.200. The maximum absolute atomic E-state index is 2.30. The lowest BCUT2D eigenvalue weighted by Crippen LogP contribution is -1.88. The predicted molar refractivity (Wildman–Crippen MR) is 69.9 cm³/mol. The first-order valence-electron chi connectivity index (χ1n) is 5.63. The standard InChI is InChI=1S/C15H15N/c1-10-7-8-12-13-6-4-5-11(2)15(13)16(3)14(12)9-10/h4-9H,1-3H3. The van der Waals surface area contributed by atoms with Gasteiger partial charge in [0.1, 0.15) is 0 Å². The number of rotatable bonds is 0. The van der Waals surface area contributed by atoms with Crippen LogP contribution in [0.15, 0.2) is 36.4 Å². The second-order valence-electron chi connectivity index (χ2n) is 4.55. The minimum absolute atomic E-state index is 1.32. The van der Waals surface area contributed by atoms with Gasteiger partial charge in [-0.25, -0.2) is 0 Å². The van der Waals surface area contributed by atoms with E-state index in [2.05, 4.69) is 61.9 Å². The van der Waals surface area contributed by atoms with Gasteiger partial charge >= 0.3 is 0 Å². The number of nitrogens with zero attached hydrogens (tertiary/aromatic N) is 1. The van der Waals surface area contributed by atoms with Gasteiger partial charge in [0.05, 0.1) is 5.52 Å². The van der Waals surface area contributed by atoms with Gasteiger partial charge in [-0.3, -0.25) is 0 Å². The van der Waals surface area contributed by atoms with Crippen molar-refractivity contribution in [1.29, 1.82) is 0 Å². The zero-order valence-corrected chi connectivity index (χ0v) is 9.91. The summed E-state index contributed by atoms with van der Waals surface area (Å²) in [5, 5.41) is 2.71. The third kappa shape index (κ3) is 1.12. The summed E-state index contributed by atoms with van der Waals surface area (Å²) in [4.78, 5) is 0. The number of aromatic nitrogens is 1. The molecule has 0 saturated heterocycles. The summed E-state index contributed by atoms with van der Waals surface area (Å²) in [6, 6.07) is 13.2. The third-order valence-electron chi connectivity index (χ3n) is 3.38. The summed E-state index contributed by atoms with van der Waals surface area (Å²) < 4.78 is 2.30. The SMILES string of the molecule is Cc1ccc2c3cccc(C)c3n(C)c2c1. The molecule has 1 nitrogen and oxygen atoms in total. The normalized spacial score (nSPS) is 11.4. The number of benzene rings is 2. The molecule has 0 atom stereocenters. The van der Waals surface area contributed by atoms with Gasteiger partial charge in [-0.15, -0.1) is 0 Å². The molecule has 0 bridgehead atoms. The van der Waals surface area contributed by atoms with Crippen molar-refractivity contribution in [3.63, 3.8) is 0 Å². The van der Waals surface area contributed by atoms with Crippen molar-refractivity contribution < 1.29 is 0 Å². The molecule has 0 aliphatic rings.